The molecule has 35 heavy (non-hydrogen) atoms. The van der Waals surface area contributed by atoms with Crippen LogP contribution in [-0.4, -0.2) is 31.3 Å². The molecule has 4 rings (SSSR count). The number of Topliss-reactive ketones (excluding diaryl/α,β-unsaturated/α-hetero) is 1. The van der Waals surface area contributed by atoms with E-state index in [2.05, 4.69) is 0 Å². The summed E-state index contributed by atoms with van der Waals surface area (Å²) in [5.41, 5.74) is 0.396. The fourth-order valence-electron chi connectivity index (χ4n) is 3.88. The van der Waals surface area contributed by atoms with Gasteiger partial charge in [0.15, 0.2) is 0 Å². The summed E-state index contributed by atoms with van der Waals surface area (Å²) >= 11 is 0. The van der Waals surface area contributed by atoms with Crippen molar-refractivity contribution in [2.75, 3.05) is 4.90 Å². The topological polar surface area (TPSA) is 140 Å². The van der Waals surface area contributed by atoms with E-state index in [4.69, 9.17) is 14.3 Å². The van der Waals surface area contributed by atoms with Crippen LogP contribution in [0.15, 0.2) is 75.5 Å². The maximum Gasteiger partial charge on any atom is 0.300 e. The van der Waals surface area contributed by atoms with Gasteiger partial charge in [0.25, 0.3) is 11.7 Å². The average Bonchev–Trinajstić information content (AvgIpc) is 3.34. The minimum absolute atomic E-state index is 0.0392. The van der Waals surface area contributed by atoms with E-state index in [1.807, 2.05) is 13.8 Å². The van der Waals surface area contributed by atoms with Gasteiger partial charge in [0, 0.05) is 11.3 Å². The Morgan fingerprint density at radius 2 is 1.66 bits per heavy atom. The van der Waals surface area contributed by atoms with Crippen LogP contribution in [0.4, 0.5) is 5.69 Å². The van der Waals surface area contributed by atoms with Gasteiger partial charge < -0.3 is 14.3 Å². The van der Waals surface area contributed by atoms with Gasteiger partial charge in [0.2, 0.25) is 10.0 Å². The van der Waals surface area contributed by atoms with Crippen molar-refractivity contribution in [2.24, 2.45) is 5.14 Å². The predicted molar refractivity (Wildman–Crippen MR) is 128 cm³/mol. The molecule has 0 bridgehead atoms. The molecule has 1 saturated heterocycles. The van der Waals surface area contributed by atoms with Crippen molar-refractivity contribution in [1.82, 2.24) is 0 Å². The number of nitrogens with zero attached hydrogens (tertiary/aromatic N) is 1. The zero-order valence-electron chi connectivity index (χ0n) is 19.3. The second-order valence-corrected chi connectivity index (χ2v) is 9.91. The Bertz CT molecular complexity index is 1420. The first-order chi connectivity index (χ1) is 16.5. The van der Waals surface area contributed by atoms with Gasteiger partial charge in [-0.2, -0.15) is 0 Å². The first kappa shape index (κ1) is 24.2. The first-order valence-electron chi connectivity index (χ1n) is 10.7. The molecule has 3 N–H and O–H groups in total. The number of furan rings is 1. The first-order valence-corrected chi connectivity index (χ1v) is 12.3. The van der Waals surface area contributed by atoms with Gasteiger partial charge in [-0.25, -0.2) is 13.6 Å². The number of primary sulfonamides is 1. The van der Waals surface area contributed by atoms with Crippen LogP contribution >= 0.6 is 0 Å². The summed E-state index contributed by atoms with van der Waals surface area (Å²) in [6.07, 6.45) is -0.0392. The number of carbonyl (C=O) groups is 2. The number of ether oxygens (including phenoxy) is 1. The van der Waals surface area contributed by atoms with Gasteiger partial charge in [-0.05, 0) is 81.4 Å². The normalized spacial score (nSPS) is 17.9. The Morgan fingerprint density at radius 3 is 2.17 bits per heavy atom. The van der Waals surface area contributed by atoms with E-state index in [1.54, 1.807) is 43.3 Å². The number of carbonyl (C=O) groups excluding carboxylic acids is 2. The van der Waals surface area contributed by atoms with E-state index < -0.39 is 27.8 Å². The van der Waals surface area contributed by atoms with E-state index in [0.29, 0.717) is 17.1 Å². The molecule has 3 aromatic rings. The number of aryl methyl sites for hydroxylation is 1. The van der Waals surface area contributed by atoms with Gasteiger partial charge >= 0.3 is 0 Å². The fraction of sp³-hybridized carbons (Fsp3) is 0.200. The number of nitrogens with two attached hydrogens (primary N) is 1. The van der Waals surface area contributed by atoms with Gasteiger partial charge in [-0.1, -0.05) is 0 Å². The number of hydrogen-bond donors (Lipinski definition) is 2. The zero-order valence-corrected chi connectivity index (χ0v) is 20.1. The highest BCUT2D eigenvalue weighted by atomic mass is 32.2. The molecule has 0 radical (unpaired) electrons. The van der Waals surface area contributed by atoms with Crippen LogP contribution in [0.25, 0.3) is 5.76 Å². The second kappa shape index (κ2) is 9.05. The molecule has 1 unspecified atom stereocenters. The third-order valence-corrected chi connectivity index (χ3v) is 6.35. The molecular formula is C25H24N2O7S. The Morgan fingerprint density at radius 1 is 1.03 bits per heavy atom. The molecule has 1 aliphatic rings. The number of ketones is 1. The Kier molecular flexibility index (Phi) is 6.27. The lowest BCUT2D eigenvalue weighted by molar-refractivity contribution is -0.132. The molecule has 2 aromatic carbocycles. The number of hydrogen-bond acceptors (Lipinski definition) is 7. The summed E-state index contributed by atoms with van der Waals surface area (Å²) in [5, 5.41) is 16.3. The molecule has 1 fully saturated rings. The van der Waals surface area contributed by atoms with Crippen molar-refractivity contribution >= 4 is 33.2 Å². The molecular weight excluding hydrogens is 472 g/mol. The smallest absolute Gasteiger partial charge is 0.300 e. The number of anilines is 1. The molecule has 1 atom stereocenters. The summed E-state index contributed by atoms with van der Waals surface area (Å²) in [6, 6.07) is 13.9. The van der Waals surface area contributed by atoms with Gasteiger partial charge in [0.05, 0.1) is 16.6 Å². The SMILES string of the molecule is Cc1ccc(C2/C(=C(/O)c3ccc(OC(C)C)cc3)C(=O)C(=O)N2c2ccc(S(N)(=O)=O)cc2)o1. The highest BCUT2D eigenvalue weighted by molar-refractivity contribution is 7.89. The van der Waals surface area contributed by atoms with Gasteiger partial charge in [-0.3, -0.25) is 14.5 Å². The molecule has 1 aliphatic heterocycles. The van der Waals surface area contributed by atoms with Crippen molar-refractivity contribution in [1.29, 1.82) is 0 Å². The molecule has 2 heterocycles. The van der Waals surface area contributed by atoms with Crippen LogP contribution in [0.2, 0.25) is 0 Å². The molecule has 0 spiro atoms. The maximum absolute atomic E-state index is 13.1. The Labute approximate surface area is 202 Å². The van der Waals surface area contributed by atoms with E-state index >= 15 is 0 Å². The summed E-state index contributed by atoms with van der Waals surface area (Å²) in [4.78, 5) is 27.3. The average molecular weight is 497 g/mol. The van der Waals surface area contributed by atoms with Crippen LogP contribution in [0.3, 0.4) is 0 Å². The van der Waals surface area contributed by atoms with E-state index in [9.17, 15) is 23.1 Å². The molecule has 1 aromatic heterocycles. The van der Waals surface area contributed by atoms with E-state index in [0.717, 1.165) is 4.90 Å². The molecule has 182 valence electrons. The Hall–Kier alpha value is -3.89. The second-order valence-electron chi connectivity index (χ2n) is 8.35. The lowest BCUT2D eigenvalue weighted by Crippen LogP contribution is -2.29. The quantitative estimate of drug-likeness (QED) is 0.301. The molecule has 0 saturated carbocycles. The summed E-state index contributed by atoms with van der Waals surface area (Å²) < 4.78 is 34.6. The third-order valence-electron chi connectivity index (χ3n) is 5.42. The highest BCUT2D eigenvalue weighted by Crippen LogP contribution is 2.42. The lowest BCUT2D eigenvalue weighted by atomic mass is 9.99. The molecule has 0 aliphatic carbocycles. The van der Waals surface area contributed by atoms with Crippen molar-refractivity contribution in [2.45, 2.75) is 37.8 Å². The van der Waals surface area contributed by atoms with E-state index in [1.165, 1.54) is 24.3 Å². The number of benzene rings is 2. The van der Waals surface area contributed by atoms with Crippen molar-refractivity contribution in [3.05, 3.63) is 83.3 Å². The number of aliphatic hydroxyl groups is 1. The number of rotatable bonds is 6. The van der Waals surface area contributed by atoms with Crippen molar-refractivity contribution < 1.29 is 32.3 Å². The fourth-order valence-corrected chi connectivity index (χ4v) is 4.40. The van der Waals surface area contributed by atoms with Gasteiger partial charge in [0.1, 0.15) is 29.1 Å². The minimum atomic E-state index is -3.95. The summed E-state index contributed by atoms with van der Waals surface area (Å²) in [6.45, 7) is 5.48. The van der Waals surface area contributed by atoms with Crippen LogP contribution in [-0.2, 0) is 19.6 Å². The van der Waals surface area contributed by atoms with Gasteiger partial charge in [-0.15, -0.1) is 0 Å². The summed E-state index contributed by atoms with van der Waals surface area (Å²) in [7, 11) is -3.95. The monoisotopic (exact) mass is 496 g/mol. The largest absolute Gasteiger partial charge is 0.507 e. The molecule has 9 nitrogen and oxygen atoms in total. The van der Waals surface area contributed by atoms with E-state index in [-0.39, 0.29) is 33.8 Å². The van der Waals surface area contributed by atoms with Crippen molar-refractivity contribution in [3.8, 4) is 5.75 Å². The minimum Gasteiger partial charge on any atom is -0.507 e. The van der Waals surface area contributed by atoms with Crippen molar-refractivity contribution in [3.63, 3.8) is 0 Å². The van der Waals surface area contributed by atoms with Crippen LogP contribution in [0.1, 0.15) is 37.0 Å². The van der Waals surface area contributed by atoms with Crippen LogP contribution in [0.5, 0.6) is 5.75 Å². The van der Waals surface area contributed by atoms with Crippen LogP contribution in [0, 0.1) is 6.92 Å². The standard InChI is InChI=1S/C25H24N2O7S/c1-14(2)33-18-9-5-16(6-10-18)23(28)21-22(20-13-4-15(3)34-20)27(25(30)24(21)29)17-7-11-19(12-8-17)35(26,31)32/h4-14,22,28H,1-3H3,(H2,26,31,32)/b23-21-. The maximum atomic E-state index is 13.1. The predicted octanol–water partition coefficient (Wildman–Crippen LogP) is 3.65. The van der Waals surface area contributed by atoms with Crippen LogP contribution < -0.4 is 14.8 Å². The zero-order chi connectivity index (χ0) is 25.5. The summed E-state index contributed by atoms with van der Waals surface area (Å²) in [5.74, 6) is -0.774. The third kappa shape index (κ3) is 4.71. The number of aliphatic hydroxyl groups excluding tert-OH is 1. The highest BCUT2D eigenvalue weighted by Gasteiger charge is 2.48. The Balaban J connectivity index is 1.84. The number of sulfonamides is 1. The molecule has 1 amide bonds. The molecule has 10 heteroatoms. The number of amides is 1. The lowest BCUT2D eigenvalue weighted by Gasteiger charge is -2.23.